The maximum Gasteiger partial charge on any atom is 0.300 e. The minimum absolute atomic E-state index is 0. The van der Waals surface area contributed by atoms with Crippen molar-refractivity contribution in [2.45, 2.75) is 11.8 Å². The standard InChI is InChI=1S/C9H12O4S.Fe/c1-3-13-14(10,11)9-7-5-4-6-8(9)12-2;/h4-7H,3H2,1-2H3;. The molecule has 0 heterocycles. The van der Waals surface area contributed by atoms with Crippen molar-refractivity contribution in [1.29, 1.82) is 0 Å². The number of hydrogen-bond acceptors (Lipinski definition) is 4. The summed E-state index contributed by atoms with van der Waals surface area (Å²) in [6.07, 6.45) is 0. The molecule has 0 amide bonds. The maximum absolute atomic E-state index is 11.5. The van der Waals surface area contributed by atoms with Crippen molar-refractivity contribution in [2.24, 2.45) is 0 Å². The van der Waals surface area contributed by atoms with Gasteiger partial charge in [0, 0.05) is 17.1 Å². The van der Waals surface area contributed by atoms with Gasteiger partial charge in [0.2, 0.25) is 0 Å². The Hall–Kier alpha value is -0.551. The van der Waals surface area contributed by atoms with Gasteiger partial charge in [-0.3, -0.25) is 4.18 Å². The fourth-order valence-corrected chi connectivity index (χ4v) is 2.12. The molecule has 0 fully saturated rings. The van der Waals surface area contributed by atoms with Gasteiger partial charge < -0.3 is 4.74 Å². The fraction of sp³-hybridized carbons (Fsp3) is 0.333. The Kier molecular flexibility index (Phi) is 5.90. The Labute approximate surface area is 100 Å². The van der Waals surface area contributed by atoms with Crippen molar-refractivity contribution in [3.05, 3.63) is 24.3 Å². The molecule has 0 saturated carbocycles. The molecule has 1 aromatic rings. The van der Waals surface area contributed by atoms with Crippen molar-refractivity contribution < 1.29 is 34.4 Å². The van der Waals surface area contributed by atoms with E-state index in [4.69, 9.17) is 4.74 Å². The third-order valence-electron chi connectivity index (χ3n) is 1.61. The second-order valence-corrected chi connectivity index (χ2v) is 4.10. The second-order valence-electron chi connectivity index (χ2n) is 2.51. The largest absolute Gasteiger partial charge is 0.495 e. The molecule has 4 nitrogen and oxygen atoms in total. The summed E-state index contributed by atoms with van der Waals surface area (Å²) >= 11 is 0. The molecule has 6 heteroatoms. The molecule has 0 aliphatic heterocycles. The number of para-hydroxylation sites is 1. The topological polar surface area (TPSA) is 52.6 Å². The van der Waals surface area contributed by atoms with Crippen LogP contribution in [0.4, 0.5) is 0 Å². The van der Waals surface area contributed by atoms with Crippen LogP contribution in [0.15, 0.2) is 29.2 Å². The van der Waals surface area contributed by atoms with Gasteiger partial charge in [0.1, 0.15) is 10.6 Å². The van der Waals surface area contributed by atoms with Gasteiger partial charge in [-0.05, 0) is 19.1 Å². The Morgan fingerprint density at radius 2 is 1.87 bits per heavy atom. The van der Waals surface area contributed by atoms with E-state index in [0.717, 1.165) is 0 Å². The molecule has 0 unspecified atom stereocenters. The van der Waals surface area contributed by atoms with Crippen LogP contribution in [0.1, 0.15) is 6.92 Å². The van der Waals surface area contributed by atoms with E-state index in [9.17, 15) is 8.42 Å². The first kappa shape index (κ1) is 14.4. The summed E-state index contributed by atoms with van der Waals surface area (Å²) in [5, 5.41) is 0. The average molecular weight is 272 g/mol. The van der Waals surface area contributed by atoms with E-state index in [1.807, 2.05) is 0 Å². The third kappa shape index (κ3) is 3.50. The summed E-state index contributed by atoms with van der Waals surface area (Å²) in [5.41, 5.74) is 0. The first-order chi connectivity index (χ1) is 6.61. The molecule has 0 aliphatic rings. The molecule has 0 aliphatic carbocycles. The molecule has 0 bridgehead atoms. The molecule has 86 valence electrons. The Morgan fingerprint density at radius 1 is 1.27 bits per heavy atom. The van der Waals surface area contributed by atoms with Crippen molar-refractivity contribution in [3.63, 3.8) is 0 Å². The zero-order valence-corrected chi connectivity index (χ0v) is 10.3. The third-order valence-corrected chi connectivity index (χ3v) is 3.03. The molecule has 0 saturated heterocycles. The monoisotopic (exact) mass is 272 g/mol. The molecule has 1 rings (SSSR count). The SMILES string of the molecule is CCOS(=O)(=O)c1ccccc1OC.[Fe]. The van der Waals surface area contributed by atoms with E-state index in [1.165, 1.54) is 13.2 Å². The molecule has 0 aromatic heterocycles. The smallest absolute Gasteiger partial charge is 0.300 e. The van der Waals surface area contributed by atoms with Gasteiger partial charge in [-0.2, -0.15) is 8.42 Å². The summed E-state index contributed by atoms with van der Waals surface area (Å²) < 4.78 is 32.6. The van der Waals surface area contributed by atoms with Gasteiger partial charge in [-0.15, -0.1) is 0 Å². The second kappa shape index (κ2) is 6.12. The van der Waals surface area contributed by atoms with Crippen LogP contribution in [0.2, 0.25) is 0 Å². The Morgan fingerprint density at radius 3 is 2.40 bits per heavy atom. The van der Waals surface area contributed by atoms with Crippen molar-refractivity contribution in [3.8, 4) is 5.75 Å². The van der Waals surface area contributed by atoms with Gasteiger partial charge in [0.25, 0.3) is 0 Å². The van der Waals surface area contributed by atoms with Crippen LogP contribution in [0.3, 0.4) is 0 Å². The minimum atomic E-state index is -3.68. The zero-order chi connectivity index (χ0) is 10.6. The van der Waals surface area contributed by atoms with Crippen LogP contribution < -0.4 is 4.74 Å². The van der Waals surface area contributed by atoms with E-state index in [0.29, 0.717) is 5.75 Å². The molecule has 0 N–H and O–H groups in total. The van der Waals surface area contributed by atoms with Gasteiger partial charge in [-0.1, -0.05) is 12.1 Å². The average Bonchev–Trinajstić information content (AvgIpc) is 2.18. The predicted octanol–water partition coefficient (Wildman–Crippen LogP) is 1.42. The fourth-order valence-electron chi connectivity index (χ4n) is 1.04. The Balaban J connectivity index is 0.00000196. The molecule has 0 spiro atoms. The van der Waals surface area contributed by atoms with Crippen LogP contribution in [-0.2, 0) is 31.4 Å². The van der Waals surface area contributed by atoms with E-state index < -0.39 is 10.1 Å². The summed E-state index contributed by atoms with van der Waals surface area (Å²) in [7, 11) is -2.26. The summed E-state index contributed by atoms with van der Waals surface area (Å²) in [5.74, 6) is 0.293. The van der Waals surface area contributed by atoms with Gasteiger partial charge in [0.05, 0.1) is 13.7 Å². The molecular formula is C9H12FeO4S. The van der Waals surface area contributed by atoms with Crippen molar-refractivity contribution in [2.75, 3.05) is 13.7 Å². The van der Waals surface area contributed by atoms with E-state index in [-0.39, 0.29) is 28.6 Å². The van der Waals surface area contributed by atoms with Crippen molar-refractivity contribution in [1.82, 2.24) is 0 Å². The quantitative estimate of drug-likeness (QED) is 0.614. The summed E-state index contributed by atoms with van der Waals surface area (Å²) in [6, 6.07) is 6.34. The number of ether oxygens (including phenoxy) is 1. The summed E-state index contributed by atoms with van der Waals surface area (Å²) in [6.45, 7) is 1.73. The zero-order valence-electron chi connectivity index (χ0n) is 8.41. The normalized spacial score (nSPS) is 10.5. The number of methoxy groups -OCH3 is 1. The van der Waals surface area contributed by atoms with Crippen LogP contribution in [-0.4, -0.2) is 22.1 Å². The number of benzene rings is 1. The van der Waals surface area contributed by atoms with Gasteiger partial charge in [0.15, 0.2) is 0 Å². The van der Waals surface area contributed by atoms with E-state index >= 15 is 0 Å². The Bertz CT molecular complexity index is 402. The number of rotatable bonds is 4. The first-order valence-corrected chi connectivity index (χ1v) is 5.55. The summed E-state index contributed by atoms with van der Waals surface area (Å²) in [4.78, 5) is 0.0596. The predicted molar refractivity (Wildman–Crippen MR) is 51.8 cm³/mol. The molecular weight excluding hydrogens is 260 g/mol. The molecule has 0 atom stereocenters. The van der Waals surface area contributed by atoms with Crippen LogP contribution in [0.5, 0.6) is 5.75 Å². The molecule has 1 aromatic carbocycles. The molecule has 0 radical (unpaired) electrons. The van der Waals surface area contributed by atoms with Gasteiger partial charge in [-0.25, -0.2) is 0 Å². The minimum Gasteiger partial charge on any atom is -0.495 e. The van der Waals surface area contributed by atoms with Crippen LogP contribution in [0, 0.1) is 0 Å². The van der Waals surface area contributed by atoms with Crippen molar-refractivity contribution >= 4 is 10.1 Å². The van der Waals surface area contributed by atoms with Crippen LogP contribution >= 0.6 is 0 Å². The van der Waals surface area contributed by atoms with E-state index in [1.54, 1.807) is 25.1 Å². The molecule has 15 heavy (non-hydrogen) atoms. The van der Waals surface area contributed by atoms with E-state index in [2.05, 4.69) is 4.18 Å². The first-order valence-electron chi connectivity index (χ1n) is 4.14. The van der Waals surface area contributed by atoms with Gasteiger partial charge >= 0.3 is 10.1 Å². The van der Waals surface area contributed by atoms with Crippen LogP contribution in [0.25, 0.3) is 0 Å². The number of hydrogen-bond donors (Lipinski definition) is 0. The maximum atomic E-state index is 11.5.